The predicted molar refractivity (Wildman–Crippen MR) is 137 cm³/mol. The predicted octanol–water partition coefficient (Wildman–Crippen LogP) is 0.126. The SMILES string of the molecule is CNCC(=O)N1CCC[C@H]1C(=O)N[C@@H](CCCN=C(N)N)C(=O)Nc1ccc([N+](=O)[O-])cc1.Cl.Cl. The number of amides is 3. The summed E-state index contributed by atoms with van der Waals surface area (Å²) in [7, 11) is 1.65. The van der Waals surface area contributed by atoms with E-state index in [1.807, 2.05) is 0 Å². The molecule has 0 unspecified atom stereocenters. The minimum atomic E-state index is -0.913. The summed E-state index contributed by atoms with van der Waals surface area (Å²) < 4.78 is 0. The normalized spacial score (nSPS) is 15.1. The Bertz CT molecular complexity index is 896. The van der Waals surface area contributed by atoms with Crippen molar-refractivity contribution in [2.24, 2.45) is 16.5 Å². The van der Waals surface area contributed by atoms with Crippen molar-refractivity contribution in [3.63, 3.8) is 0 Å². The van der Waals surface area contributed by atoms with E-state index in [1.54, 1.807) is 7.05 Å². The summed E-state index contributed by atoms with van der Waals surface area (Å²) in [5, 5.41) is 19.0. The highest BCUT2D eigenvalue weighted by molar-refractivity contribution is 5.98. The number of rotatable bonds is 11. The molecule has 2 rings (SSSR count). The fourth-order valence-electron chi connectivity index (χ4n) is 3.53. The summed E-state index contributed by atoms with van der Waals surface area (Å²) in [6, 6.07) is 3.78. The molecule has 13 nitrogen and oxygen atoms in total. The number of benzene rings is 1. The minimum absolute atomic E-state index is 0. The van der Waals surface area contributed by atoms with Crippen LogP contribution in [0.2, 0.25) is 0 Å². The first kappa shape index (κ1) is 31.8. The summed E-state index contributed by atoms with van der Waals surface area (Å²) in [4.78, 5) is 53.8. The molecule has 0 spiro atoms. The Labute approximate surface area is 215 Å². The third-order valence-electron chi connectivity index (χ3n) is 5.13. The van der Waals surface area contributed by atoms with Gasteiger partial charge in [-0.2, -0.15) is 0 Å². The third kappa shape index (κ3) is 9.92. The molecule has 1 aromatic rings. The molecule has 1 heterocycles. The zero-order valence-electron chi connectivity index (χ0n) is 19.3. The van der Waals surface area contributed by atoms with Crippen molar-refractivity contribution in [1.29, 1.82) is 0 Å². The van der Waals surface area contributed by atoms with E-state index in [-0.39, 0.29) is 61.9 Å². The number of guanidine groups is 1. The van der Waals surface area contributed by atoms with Crippen molar-refractivity contribution in [3.05, 3.63) is 34.4 Å². The number of likely N-dealkylation sites (tertiary alicyclic amines) is 1. The van der Waals surface area contributed by atoms with Crippen molar-refractivity contribution < 1.29 is 19.3 Å². The third-order valence-corrected chi connectivity index (χ3v) is 5.13. The topological polar surface area (TPSA) is 198 Å². The Morgan fingerprint density at radius 1 is 1.23 bits per heavy atom. The van der Waals surface area contributed by atoms with Crippen LogP contribution in [0.1, 0.15) is 25.7 Å². The molecule has 0 aliphatic carbocycles. The number of likely N-dealkylation sites (N-methyl/N-ethyl adjacent to an activating group) is 1. The number of non-ortho nitro benzene ring substituents is 1. The van der Waals surface area contributed by atoms with Crippen LogP contribution in [-0.4, -0.2) is 72.3 Å². The lowest BCUT2D eigenvalue weighted by molar-refractivity contribution is -0.384. The van der Waals surface area contributed by atoms with Gasteiger partial charge in [-0.15, -0.1) is 24.8 Å². The number of aliphatic imine (C=N–C) groups is 1. The molecule has 2 atom stereocenters. The first-order valence-corrected chi connectivity index (χ1v) is 10.6. The second-order valence-electron chi connectivity index (χ2n) is 7.58. The molecule has 1 aliphatic rings. The summed E-state index contributed by atoms with van der Waals surface area (Å²) in [5.41, 5.74) is 10.9. The molecule has 0 radical (unpaired) electrons. The summed E-state index contributed by atoms with van der Waals surface area (Å²) in [5.74, 6) is -1.17. The number of nitrogens with two attached hydrogens (primary N) is 2. The molecule has 35 heavy (non-hydrogen) atoms. The Morgan fingerprint density at radius 2 is 1.89 bits per heavy atom. The summed E-state index contributed by atoms with van der Waals surface area (Å²) in [6.45, 7) is 0.866. The van der Waals surface area contributed by atoms with Gasteiger partial charge in [-0.3, -0.25) is 29.5 Å². The van der Waals surface area contributed by atoms with Crippen LogP contribution in [0.5, 0.6) is 0 Å². The monoisotopic (exact) mass is 534 g/mol. The lowest BCUT2D eigenvalue weighted by atomic mass is 10.1. The molecule has 1 aliphatic heterocycles. The summed E-state index contributed by atoms with van der Waals surface area (Å²) >= 11 is 0. The van der Waals surface area contributed by atoms with Crippen molar-refractivity contribution in [2.45, 2.75) is 37.8 Å². The van der Waals surface area contributed by atoms with Gasteiger partial charge < -0.3 is 32.3 Å². The van der Waals surface area contributed by atoms with Crippen molar-refractivity contribution in [1.82, 2.24) is 15.5 Å². The van der Waals surface area contributed by atoms with Crippen LogP contribution >= 0.6 is 24.8 Å². The van der Waals surface area contributed by atoms with E-state index in [9.17, 15) is 24.5 Å². The molecule has 196 valence electrons. The van der Waals surface area contributed by atoms with E-state index in [0.717, 1.165) is 0 Å². The zero-order chi connectivity index (χ0) is 24.4. The number of carbonyl (C=O) groups is 3. The number of nitrogens with zero attached hydrogens (tertiary/aromatic N) is 3. The van der Waals surface area contributed by atoms with E-state index >= 15 is 0 Å². The van der Waals surface area contributed by atoms with Gasteiger partial charge in [0.1, 0.15) is 12.1 Å². The molecule has 7 N–H and O–H groups in total. The van der Waals surface area contributed by atoms with Crippen molar-refractivity contribution >= 4 is 59.9 Å². The van der Waals surface area contributed by atoms with Gasteiger partial charge in [-0.25, -0.2) is 0 Å². The second kappa shape index (κ2) is 15.7. The standard InChI is InChI=1S/C20H30N8O5.2ClH/c1-23-12-17(29)27-11-3-5-16(27)19(31)26-15(4-2-10-24-20(21)22)18(30)25-13-6-8-14(9-7-13)28(32)33;;/h6-9,15-16,23H,2-5,10-12H2,1H3,(H,25,30)(H,26,31)(H4,21,22,24);2*1H/t15-,16-;;/m0../s1. The van der Waals surface area contributed by atoms with E-state index < -0.39 is 28.8 Å². The number of nitro benzene ring substituents is 1. The van der Waals surface area contributed by atoms with Gasteiger partial charge in [0.25, 0.3) is 5.69 Å². The maximum Gasteiger partial charge on any atom is 0.269 e. The highest BCUT2D eigenvalue weighted by atomic mass is 35.5. The van der Waals surface area contributed by atoms with Gasteiger partial charge in [0, 0.05) is 30.9 Å². The Balaban J connectivity index is 0.00000578. The molecular formula is C20H32Cl2N8O5. The van der Waals surface area contributed by atoms with Crippen molar-refractivity contribution in [2.75, 3.05) is 32.0 Å². The molecule has 1 aromatic carbocycles. The van der Waals surface area contributed by atoms with Gasteiger partial charge in [0.2, 0.25) is 17.7 Å². The second-order valence-corrected chi connectivity index (χ2v) is 7.58. The Hall–Kier alpha value is -3.16. The van der Waals surface area contributed by atoms with Crippen molar-refractivity contribution in [3.8, 4) is 0 Å². The van der Waals surface area contributed by atoms with Gasteiger partial charge in [-0.1, -0.05) is 0 Å². The fraction of sp³-hybridized carbons (Fsp3) is 0.500. The first-order valence-electron chi connectivity index (χ1n) is 10.6. The van der Waals surface area contributed by atoms with E-state index in [1.165, 1.54) is 29.2 Å². The quantitative estimate of drug-likeness (QED) is 0.0865. The molecular weight excluding hydrogens is 503 g/mol. The van der Waals surface area contributed by atoms with Gasteiger partial charge in [-0.05, 0) is 44.9 Å². The molecule has 0 saturated carbocycles. The highest BCUT2D eigenvalue weighted by Gasteiger charge is 2.35. The van der Waals surface area contributed by atoms with Crippen LogP contribution in [0.25, 0.3) is 0 Å². The molecule has 0 bridgehead atoms. The van der Waals surface area contributed by atoms with Crippen LogP contribution in [-0.2, 0) is 14.4 Å². The molecule has 0 aromatic heterocycles. The van der Waals surface area contributed by atoms with Crippen LogP contribution < -0.4 is 27.4 Å². The lowest BCUT2D eigenvalue weighted by Crippen LogP contribution is -2.53. The first-order chi connectivity index (χ1) is 15.7. The van der Waals surface area contributed by atoms with Gasteiger partial charge in [0.15, 0.2) is 5.96 Å². The average Bonchev–Trinajstić information content (AvgIpc) is 3.26. The van der Waals surface area contributed by atoms with E-state index in [0.29, 0.717) is 31.5 Å². The van der Waals surface area contributed by atoms with Crippen LogP contribution in [0.3, 0.4) is 0 Å². The highest BCUT2D eigenvalue weighted by Crippen LogP contribution is 2.19. The van der Waals surface area contributed by atoms with Gasteiger partial charge >= 0.3 is 0 Å². The maximum atomic E-state index is 12.9. The number of hydrogen-bond donors (Lipinski definition) is 5. The Kier molecular flexibility index (Phi) is 14.3. The number of anilines is 1. The minimum Gasteiger partial charge on any atom is -0.370 e. The average molecular weight is 535 g/mol. The maximum absolute atomic E-state index is 12.9. The van der Waals surface area contributed by atoms with Crippen LogP contribution in [0, 0.1) is 10.1 Å². The Morgan fingerprint density at radius 3 is 2.46 bits per heavy atom. The van der Waals surface area contributed by atoms with Crippen LogP contribution in [0.4, 0.5) is 11.4 Å². The molecule has 3 amide bonds. The van der Waals surface area contributed by atoms with Gasteiger partial charge in [0.05, 0.1) is 11.5 Å². The number of carbonyl (C=O) groups excluding carboxylic acids is 3. The molecule has 1 saturated heterocycles. The number of nitrogens with one attached hydrogen (secondary N) is 3. The van der Waals surface area contributed by atoms with E-state index in [4.69, 9.17) is 11.5 Å². The number of nitro groups is 1. The molecule has 15 heteroatoms. The zero-order valence-corrected chi connectivity index (χ0v) is 20.9. The van der Waals surface area contributed by atoms with Crippen LogP contribution in [0.15, 0.2) is 29.3 Å². The van der Waals surface area contributed by atoms with E-state index in [2.05, 4.69) is 20.9 Å². The smallest absolute Gasteiger partial charge is 0.269 e. The number of halogens is 2. The lowest BCUT2D eigenvalue weighted by Gasteiger charge is -2.26. The molecule has 1 fully saturated rings. The summed E-state index contributed by atoms with van der Waals surface area (Å²) in [6.07, 6.45) is 1.87. The fourth-order valence-corrected chi connectivity index (χ4v) is 3.53. The number of hydrogen-bond acceptors (Lipinski definition) is 7. The largest absolute Gasteiger partial charge is 0.370 e.